The first-order valence-corrected chi connectivity index (χ1v) is 8.40. The maximum absolute atomic E-state index is 5.58. The van der Waals surface area contributed by atoms with Gasteiger partial charge in [-0.15, -0.1) is 5.10 Å². The molecule has 0 radical (unpaired) electrons. The van der Waals surface area contributed by atoms with Crippen molar-refractivity contribution in [3.63, 3.8) is 0 Å². The fraction of sp³-hybridized carbons (Fsp3) is 0.875. The van der Waals surface area contributed by atoms with E-state index in [1.807, 2.05) is 0 Å². The highest BCUT2D eigenvalue weighted by Crippen LogP contribution is 2.30. The predicted octanol–water partition coefficient (Wildman–Crippen LogP) is 3.44. The minimum absolute atomic E-state index is 0.556. The van der Waals surface area contributed by atoms with Crippen LogP contribution in [0.3, 0.4) is 0 Å². The summed E-state index contributed by atoms with van der Waals surface area (Å²) in [5.74, 6) is 3.07. The molecule has 0 bridgehead atoms. The molecule has 0 aliphatic heterocycles. The van der Waals surface area contributed by atoms with Gasteiger partial charge in [-0.25, -0.2) is 0 Å². The van der Waals surface area contributed by atoms with Crippen LogP contribution in [-0.2, 0) is 6.54 Å². The van der Waals surface area contributed by atoms with E-state index in [0.29, 0.717) is 24.4 Å². The third-order valence-corrected chi connectivity index (χ3v) is 4.26. The average Bonchev–Trinajstić information content (AvgIpc) is 2.88. The summed E-state index contributed by atoms with van der Waals surface area (Å²) < 4.78 is 5.58. The standard InChI is InChI=1S/C16H30N4O/c1-12(2)10-17-11-15-19-20-16(21-15)18-9-8-14-6-4-13(3)5-7-14/h12-14,17H,4-11H2,1-3H3,(H,18,20). The molecule has 1 heterocycles. The van der Waals surface area contributed by atoms with Crippen molar-refractivity contribution in [2.75, 3.05) is 18.4 Å². The van der Waals surface area contributed by atoms with Gasteiger partial charge in [0, 0.05) is 6.54 Å². The van der Waals surface area contributed by atoms with Gasteiger partial charge in [0.05, 0.1) is 6.54 Å². The summed E-state index contributed by atoms with van der Waals surface area (Å²) in [5.41, 5.74) is 0. The van der Waals surface area contributed by atoms with Crippen LogP contribution in [-0.4, -0.2) is 23.3 Å². The van der Waals surface area contributed by atoms with Gasteiger partial charge in [-0.05, 0) is 30.7 Å². The summed E-state index contributed by atoms with van der Waals surface area (Å²) in [6, 6.07) is 0.556. The van der Waals surface area contributed by atoms with Crippen LogP contribution in [0.15, 0.2) is 4.42 Å². The fourth-order valence-electron chi connectivity index (χ4n) is 2.87. The van der Waals surface area contributed by atoms with Crippen LogP contribution in [0.1, 0.15) is 58.8 Å². The maximum atomic E-state index is 5.58. The topological polar surface area (TPSA) is 63.0 Å². The van der Waals surface area contributed by atoms with Crippen LogP contribution in [0.4, 0.5) is 6.01 Å². The zero-order valence-electron chi connectivity index (χ0n) is 13.7. The second kappa shape index (κ2) is 8.37. The van der Waals surface area contributed by atoms with Crippen molar-refractivity contribution in [1.82, 2.24) is 15.5 Å². The van der Waals surface area contributed by atoms with Crippen LogP contribution in [0, 0.1) is 17.8 Å². The van der Waals surface area contributed by atoms with E-state index in [1.54, 1.807) is 0 Å². The molecule has 1 aromatic rings. The summed E-state index contributed by atoms with van der Waals surface area (Å²) in [6.07, 6.45) is 6.72. The number of hydrogen-bond acceptors (Lipinski definition) is 5. The number of rotatable bonds is 8. The molecule has 2 N–H and O–H groups in total. The van der Waals surface area contributed by atoms with Gasteiger partial charge in [-0.2, -0.15) is 0 Å². The largest absolute Gasteiger partial charge is 0.407 e. The highest BCUT2D eigenvalue weighted by atomic mass is 16.4. The first-order valence-electron chi connectivity index (χ1n) is 8.40. The number of nitrogens with zero attached hydrogens (tertiary/aromatic N) is 2. The Morgan fingerprint density at radius 2 is 1.95 bits per heavy atom. The summed E-state index contributed by atoms with van der Waals surface area (Å²) in [6.45, 7) is 9.26. The van der Waals surface area contributed by atoms with E-state index in [0.717, 1.165) is 24.9 Å². The molecule has 5 nitrogen and oxygen atoms in total. The zero-order valence-corrected chi connectivity index (χ0v) is 13.7. The maximum Gasteiger partial charge on any atom is 0.315 e. The number of anilines is 1. The molecule has 0 aromatic carbocycles. The molecule has 21 heavy (non-hydrogen) atoms. The molecule has 1 aromatic heterocycles. The van der Waals surface area contributed by atoms with Gasteiger partial charge in [0.15, 0.2) is 0 Å². The van der Waals surface area contributed by atoms with E-state index < -0.39 is 0 Å². The van der Waals surface area contributed by atoms with E-state index >= 15 is 0 Å². The molecule has 2 rings (SSSR count). The van der Waals surface area contributed by atoms with Crippen molar-refractivity contribution in [1.29, 1.82) is 0 Å². The molecule has 1 saturated carbocycles. The fourth-order valence-corrected chi connectivity index (χ4v) is 2.87. The molecule has 1 aliphatic carbocycles. The Hall–Kier alpha value is -1.10. The van der Waals surface area contributed by atoms with Gasteiger partial charge in [0.1, 0.15) is 0 Å². The third kappa shape index (κ3) is 6.04. The van der Waals surface area contributed by atoms with E-state index in [2.05, 4.69) is 41.6 Å². The van der Waals surface area contributed by atoms with Crippen molar-refractivity contribution >= 4 is 6.01 Å². The van der Waals surface area contributed by atoms with Crippen molar-refractivity contribution in [3.8, 4) is 0 Å². The lowest BCUT2D eigenvalue weighted by molar-refractivity contribution is 0.281. The van der Waals surface area contributed by atoms with Crippen LogP contribution >= 0.6 is 0 Å². The summed E-state index contributed by atoms with van der Waals surface area (Å²) in [5, 5.41) is 14.6. The molecule has 1 fully saturated rings. The summed E-state index contributed by atoms with van der Waals surface area (Å²) in [4.78, 5) is 0. The quantitative estimate of drug-likeness (QED) is 0.769. The molecule has 1 aliphatic rings. The van der Waals surface area contributed by atoms with Crippen molar-refractivity contribution in [2.45, 2.75) is 59.4 Å². The second-order valence-electron chi connectivity index (χ2n) is 6.87. The predicted molar refractivity (Wildman–Crippen MR) is 85.1 cm³/mol. The van der Waals surface area contributed by atoms with Gasteiger partial charge >= 0.3 is 6.01 Å². The van der Waals surface area contributed by atoms with E-state index in [-0.39, 0.29) is 0 Å². The van der Waals surface area contributed by atoms with Crippen LogP contribution in [0.5, 0.6) is 0 Å². The van der Waals surface area contributed by atoms with Crippen LogP contribution in [0.2, 0.25) is 0 Å². The first-order chi connectivity index (χ1) is 10.1. The Labute approximate surface area is 128 Å². The third-order valence-electron chi connectivity index (χ3n) is 4.26. The molecule has 0 saturated heterocycles. The van der Waals surface area contributed by atoms with E-state index in [1.165, 1.54) is 32.1 Å². The van der Waals surface area contributed by atoms with Crippen LogP contribution in [0.25, 0.3) is 0 Å². The second-order valence-corrected chi connectivity index (χ2v) is 6.87. The molecule has 5 heteroatoms. The lowest BCUT2D eigenvalue weighted by atomic mass is 9.81. The van der Waals surface area contributed by atoms with E-state index in [4.69, 9.17) is 4.42 Å². The van der Waals surface area contributed by atoms with Gasteiger partial charge in [-0.1, -0.05) is 51.6 Å². The molecule has 0 amide bonds. The SMILES string of the molecule is CC(C)CNCc1nnc(NCCC2CCC(C)CC2)o1. The Morgan fingerprint density at radius 1 is 1.19 bits per heavy atom. The Kier molecular flexibility index (Phi) is 6.49. The van der Waals surface area contributed by atoms with Crippen molar-refractivity contribution in [2.24, 2.45) is 17.8 Å². The van der Waals surface area contributed by atoms with Gasteiger partial charge in [-0.3, -0.25) is 0 Å². The molecule has 0 atom stereocenters. The summed E-state index contributed by atoms with van der Waals surface area (Å²) in [7, 11) is 0. The average molecular weight is 294 g/mol. The highest BCUT2D eigenvalue weighted by molar-refractivity contribution is 5.16. The van der Waals surface area contributed by atoms with Gasteiger partial charge < -0.3 is 15.1 Å². The lowest BCUT2D eigenvalue weighted by Gasteiger charge is -2.25. The van der Waals surface area contributed by atoms with E-state index in [9.17, 15) is 0 Å². The Bertz CT molecular complexity index is 397. The highest BCUT2D eigenvalue weighted by Gasteiger charge is 2.17. The molecule has 0 spiro atoms. The molecule has 120 valence electrons. The number of nitrogens with one attached hydrogen (secondary N) is 2. The normalized spacial score (nSPS) is 22.7. The number of aromatic nitrogens is 2. The van der Waals surface area contributed by atoms with Gasteiger partial charge in [0.2, 0.25) is 5.89 Å². The van der Waals surface area contributed by atoms with Crippen molar-refractivity contribution < 1.29 is 4.42 Å². The monoisotopic (exact) mass is 294 g/mol. The summed E-state index contributed by atoms with van der Waals surface area (Å²) >= 11 is 0. The Morgan fingerprint density at radius 3 is 2.67 bits per heavy atom. The first kappa shape index (κ1) is 16.3. The molecule has 0 unspecified atom stereocenters. The molecular formula is C16H30N4O. The lowest BCUT2D eigenvalue weighted by Crippen LogP contribution is -2.19. The van der Waals surface area contributed by atoms with Crippen LogP contribution < -0.4 is 10.6 Å². The minimum atomic E-state index is 0.556. The minimum Gasteiger partial charge on any atom is -0.407 e. The zero-order chi connectivity index (χ0) is 15.1. The molecular weight excluding hydrogens is 264 g/mol. The Balaban J connectivity index is 1.61. The van der Waals surface area contributed by atoms with Gasteiger partial charge in [0.25, 0.3) is 0 Å². The van der Waals surface area contributed by atoms with Crippen molar-refractivity contribution in [3.05, 3.63) is 5.89 Å². The smallest absolute Gasteiger partial charge is 0.315 e. The number of hydrogen-bond donors (Lipinski definition) is 2.